The Morgan fingerprint density at radius 2 is 1.79 bits per heavy atom. The van der Waals surface area contributed by atoms with Gasteiger partial charge in [0.15, 0.2) is 0 Å². The topological polar surface area (TPSA) is 90.7 Å². The lowest BCUT2D eigenvalue weighted by Crippen LogP contribution is -2.39. The fraction of sp³-hybridized carbons (Fsp3) is 0.263. The van der Waals surface area contributed by atoms with Gasteiger partial charge in [0.05, 0.1) is 30.5 Å². The standard InChI is InChI=1S/C19H18ClN3O5S/c1-11-14-8-15(18(26)22(9-16(24)27-2)10-17(25)28-3)29-19(14)23(21-11)13-6-4-5-12(20)7-13/h4-8H,9-10H2,1-3H3. The Kier molecular flexibility index (Phi) is 6.19. The van der Waals surface area contributed by atoms with E-state index in [0.29, 0.717) is 9.90 Å². The van der Waals surface area contributed by atoms with Gasteiger partial charge < -0.3 is 14.4 Å². The zero-order valence-corrected chi connectivity index (χ0v) is 17.5. The van der Waals surface area contributed by atoms with E-state index in [-0.39, 0.29) is 13.1 Å². The van der Waals surface area contributed by atoms with Crippen LogP contribution in [0.25, 0.3) is 15.9 Å². The summed E-state index contributed by atoms with van der Waals surface area (Å²) < 4.78 is 11.0. The van der Waals surface area contributed by atoms with Crippen molar-refractivity contribution in [3.05, 3.63) is 45.9 Å². The van der Waals surface area contributed by atoms with Gasteiger partial charge in [-0.15, -0.1) is 11.3 Å². The molecular formula is C19H18ClN3O5S. The highest BCUT2D eigenvalue weighted by atomic mass is 35.5. The summed E-state index contributed by atoms with van der Waals surface area (Å²) in [4.78, 5) is 38.6. The summed E-state index contributed by atoms with van der Waals surface area (Å²) >= 11 is 7.30. The maximum Gasteiger partial charge on any atom is 0.325 e. The lowest BCUT2D eigenvalue weighted by atomic mass is 10.3. The van der Waals surface area contributed by atoms with Crippen molar-refractivity contribution < 1.29 is 23.9 Å². The normalized spacial score (nSPS) is 10.8. The van der Waals surface area contributed by atoms with Gasteiger partial charge in [0.2, 0.25) is 0 Å². The average Bonchev–Trinajstić information content (AvgIpc) is 3.27. The first kappa shape index (κ1) is 20.8. The molecule has 0 saturated carbocycles. The molecule has 0 aliphatic rings. The number of hydrogen-bond acceptors (Lipinski definition) is 7. The van der Waals surface area contributed by atoms with Gasteiger partial charge in [-0.1, -0.05) is 17.7 Å². The summed E-state index contributed by atoms with van der Waals surface area (Å²) in [7, 11) is 2.43. The number of aryl methyl sites for hydroxylation is 1. The van der Waals surface area contributed by atoms with E-state index in [1.807, 2.05) is 19.1 Å². The number of esters is 2. The highest BCUT2D eigenvalue weighted by molar-refractivity contribution is 7.20. The largest absolute Gasteiger partial charge is 0.468 e. The minimum atomic E-state index is -0.635. The van der Waals surface area contributed by atoms with E-state index < -0.39 is 17.8 Å². The molecule has 0 radical (unpaired) electrons. The van der Waals surface area contributed by atoms with Crippen LogP contribution in [-0.4, -0.2) is 59.8 Å². The molecule has 1 amide bonds. The van der Waals surface area contributed by atoms with Crippen molar-refractivity contribution in [2.75, 3.05) is 27.3 Å². The van der Waals surface area contributed by atoms with Crippen LogP contribution in [0.2, 0.25) is 5.02 Å². The lowest BCUT2D eigenvalue weighted by molar-refractivity contribution is -0.144. The highest BCUT2D eigenvalue weighted by Gasteiger charge is 2.25. The molecule has 0 bridgehead atoms. The van der Waals surface area contributed by atoms with Gasteiger partial charge in [-0.2, -0.15) is 5.10 Å². The van der Waals surface area contributed by atoms with Crippen LogP contribution in [-0.2, 0) is 19.1 Å². The molecule has 0 atom stereocenters. The number of fused-ring (bicyclic) bond motifs is 1. The van der Waals surface area contributed by atoms with Crippen molar-refractivity contribution in [2.24, 2.45) is 0 Å². The quantitative estimate of drug-likeness (QED) is 0.553. The van der Waals surface area contributed by atoms with Gasteiger partial charge in [0, 0.05) is 10.4 Å². The second-order valence-electron chi connectivity index (χ2n) is 6.12. The van der Waals surface area contributed by atoms with Crippen LogP contribution >= 0.6 is 22.9 Å². The zero-order chi connectivity index (χ0) is 21.1. The number of halogens is 1. The molecule has 29 heavy (non-hydrogen) atoms. The number of methoxy groups -OCH3 is 2. The third kappa shape index (κ3) is 4.41. The van der Waals surface area contributed by atoms with Gasteiger partial charge in [0.25, 0.3) is 5.91 Å². The van der Waals surface area contributed by atoms with Crippen molar-refractivity contribution in [1.29, 1.82) is 0 Å². The van der Waals surface area contributed by atoms with Crippen molar-refractivity contribution in [3.8, 4) is 5.69 Å². The SMILES string of the molecule is COC(=O)CN(CC(=O)OC)C(=O)c1cc2c(C)nn(-c3cccc(Cl)c3)c2s1. The van der Waals surface area contributed by atoms with Gasteiger partial charge in [-0.05, 0) is 31.2 Å². The molecule has 3 rings (SSSR count). The molecule has 1 aromatic carbocycles. The van der Waals surface area contributed by atoms with Crippen molar-refractivity contribution in [3.63, 3.8) is 0 Å². The number of hydrogen-bond donors (Lipinski definition) is 0. The fourth-order valence-corrected chi connectivity index (χ4v) is 4.07. The first-order valence-corrected chi connectivity index (χ1v) is 9.71. The number of rotatable bonds is 6. The molecule has 8 nitrogen and oxygen atoms in total. The van der Waals surface area contributed by atoms with Crippen molar-refractivity contribution in [1.82, 2.24) is 14.7 Å². The van der Waals surface area contributed by atoms with E-state index in [9.17, 15) is 14.4 Å². The predicted molar refractivity (Wildman–Crippen MR) is 109 cm³/mol. The van der Waals surface area contributed by atoms with E-state index in [1.165, 1.54) is 25.6 Å². The minimum Gasteiger partial charge on any atom is -0.468 e. The molecule has 0 unspecified atom stereocenters. The van der Waals surface area contributed by atoms with Crippen LogP contribution in [0, 0.1) is 6.92 Å². The van der Waals surface area contributed by atoms with E-state index in [0.717, 1.165) is 26.5 Å². The average molecular weight is 436 g/mol. The van der Waals surface area contributed by atoms with Crippen molar-refractivity contribution in [2.45, 2.75) is 6.92 Å². The van der Waals surface area contributed by atoms with Crippen LogP contribution in [0.4, 0.5) is 0 Å². The highest BCUT2D eigenvalue weighted by Crippen LogP contribution is 2.31. The Bertz CT molecular complexity index is 1070. The van der Waals surface area contributed by atoms with Crippen molar-refractivity contribution >= 4 is 51.0 Å². The Hall–Kier alpha value is -2.91. The van der Waals surface area contributed by atoms with Gasteiger partial charge in [-0.3, -0.25) is 14.4 Å². The molecule has 0 aliphatic heterocycles. The van der Waals surface area contributed by atoms with E-state index in [1.54, 1.807) is 22.9 Å². The lowest BCUT2D eigenvalue weighted by Gasteiger charge is -2.19. The van der Waals surface area contributed by atoms with Crippen LogP contribution in [0.5, 0.6) is 0 Å². The molecule has 3 aromatic rings. The molecule has 2 heterocycles. The molecule has 0 spiro atoms. The molecule has 0 fully saturated rings. The summed E-state index contributed by atoms with van der Waals surface area (Å²) in [5.41, 5.74) is 1.50. The summed E-state index contributed by atoms with van der Waals surface area (Å²) in [6, 6.07) is 8.91. The smallest absolute Gasteiger partial charge is 0.325 e. The van der Waals surface area contributed by atoms with Crippen LogP contribution in [0.1, 0.15) is 15.4 Å². The van der Waals surface area contributed by atoms with Crippen LogP contribution in [0.3, 0.4) is 0 Å². The summed E-state index contributed by atoms with van der Waals surface area (Å²) in [5.74, 6) is -1.74. The number of thiophene rings is 1. The van der Waals surface area contributed by atoms with Crippen LogP contribution < -0.4 is 0 Å². The molecule has 0 aliphatic carbocycles. The number of benzene rings is 1. The Labute approximate surface area is 175 Å². The summed E-state index contributed by atoms with van der Waals surface area (Å²) in [6.07, 6.45) is 0. The van der Waals surface area contributed by atoms with E-state index in [4.69, 9.17) is 11.6 Å². The van der Waals surface area contributed by atoms with Gasteiger partial charge >= 0.3 is 11.9 Å². The van der Waals surface area contributed by atoms with E-state index >= 15 is 0 Å². The Balaban J connectivity index is 1.99. The zero-order valence-electron chi connectivity index (χ0n) is 16.0. The first-order valence-electron chi connectivity index (χ1n) is 8.52. The monoisotopic (exact) mass is 435 g/mol. The second kappa shape index (κ2) is 8.62. The maximum absolute atomic E-state index is 13.0. The van der Waals surface area contributed by atoms with Gasteiger partial charge in [0.1, 0.15) is 17.9 Å². The number of carbonyl (C=O) groups excluding carboxylic acids is 3. The first-order chi connectivity index (χ1) is 13.8. The number of nitrogens with zero attached hydrogens (tertiary/aromatic N) is 3. The molecule has 152 valence electrons. The van der Waals surface area contributed by atoms with E-state index in [2.05, 4.69) is 14.6 Å². The molecule has 2 aromatic heterocycles. The fourth-order valence-electron chi connectivity index (χ4n) is 2.73. The predicted octanol–water partition coefficient (Wildman–Crippen LogP) is 2.84. The molecule has 0 N–H and O–H groups in total. The number of ether oxygens (including phenoxy) is 2. The second-order valence-corrected chi connectivity index (χ2v) is 7.59. The molecule has 10 heteroatoms. The summed E-state index contributed by atoms with van der Waals surface area (Å²) in [6.45, 7) is 1.11. The molecule has 0 saturated heterocycles. The number of carbonyl (C=O) groups is 3. The third-order valence-electron chi connectivity index (χ3n) is 4.19. The third-order valence-corrected chi connectivity index (χ3v) is 5.52. The maximum atomic E-state index is 13.0. The Morgan fingerprint density at radius 1 is 1.14 bits per heavy atom. The number of amides is 1. The molecular weight excluding hydrogens is 418 g/mol. The van der Waals surface area contributed by atoms with Gasteiger partial charge in [-0.25, -0.2) is 4.68 Å². The van der Waals surface area contributed by atoms with Crippen LogP contribution in [0.15, 0.2) is 30.3 Å². The minimum absolute atomic E-state index is 0.363. The Morgan fingerprint density at radius 3 is 2.38 bits per heavy atom. The number of aromatic nitrogens is 2. The summed E-state index contributed by atoms with van der Waals surface area (Å²) in [5, 5.41) is 5.89.